The van der Waals surface area contributed by atoms with Crippen LogP contribution in [0.1, 0.15) is 43.2 Å². The molecule has 0 amide bonds. The zero-order valence-corrected chi connectivity index (χ0v) is 23.3. The van der Waals surface area contributed by atoms with Crippen molar-refractivity contribution in [2.45, 2.75) is 45.3 Å². The summed E-state index contributed by atoms with van der Waals surface area (Å²) in [5, 5.41) is 10.0. The first-order valence-corrected chi connectivity index (χ1v) is 13.6. The van der Waals surface area contributed by atoms with E-state index in [0.717, 1.165) is 54.3 Å². The molecule has 0 atom stereocenters. The highest BCUT2D eigenvalue weighted by Gasteiger charge is 2.12. The lowest BCUT2D eigenvalue weighted by Gasteiger charge is -2.14. The highest BCUT2D eigenvalue weighted by atomic mass is 16.5. The van der Waals surface area contributed by atoms with Gasteiger partial charge in [-0.1, -0.05) is 79.9 Å². The summed E-state index contributed by atoms with van der Waals surface area (Å²) in [4.78, 5) is 19.2. The van der Waals surface area contributed by atoms with Gasteiger partial charge in [0.25, 0.3) is 0 Å². The first-order chi connectivity index (χ1) is 19.7. The Morgan fingerprint density at radius 2 is 1.45 bits per heavy atom. The van der Waals surface area contributed by atoms with Crippen molar-refractivity contribution in [2.24, 2.45) is 5.92 Å². The van der Waals surface area contributed by atoms with Crippen molar-refractivity contribution in [3.8, 4) is 22.9 Å². The van der Waals surface area contributed by atoms with Gasteiger partial charge in [-0.05, 0) is 42.2 Å². The third-order valence-corrected chi connectivity index (χ3v) is 6.46. The average molecular weight is 542 g/mol. The van der Waals surface area contributed by atoms with Crippen LogP contribution in [0.25, 0.3) is 11.1 Å². The van der Waals surface area contributed by atoms with E-state index < -0.39 is 0 Å². The largest absolute Gasteiger partial charge is 0.473 e. The lowest BCUT2D eigenvalue weighted by molar-refractivity contribution is -0.111. The van der Waals surface area contributed by atoms with Crippen LogP contribution in [0.2, 0.25) is 0 Å². The molecule has 0 aliphatic heterocycles. The first-order valence-electron chi connectivity index (χ1n) is 13.6. The van der Waals surface area contributed by atoms with Crippen molar-refractivity contribution in [3.05, 3.63) is 102 Å². The van der Waals surface area contributed by atoms with E-state index in [-0.39, 0.29) is 0 Å². The summed E-state index contributed by atoms with van der Waals surface area (Å²) in [5.74, 6) is 2.25. The van der Waals surface area contributed by atoms with Gasteiger partial charge in [0.15, 0.2) is 0 Å². The summed E-state index contributed by atoms with van der Waals surface area (Å²) in [6.07, 6.45) is 9.08. The fraction of sp³-hybridized carbons (Fsp3) is 0.303. The number of nitrogens with one attached hydrogen (secondary N) is 1. The molecule has 0 unspecified atom stereocenters. The minimum Gasteiger partial charge on any atom is -0.473 e. The molecule has 2 N–H and O–H groups in total. The Morgan fingerprint density at radius 1 is 0.825 bits per heavy atom. The number of carbonyl (C=O) groups excluding carboxylic acids is 1. The lowest BCUT2D eigenvalue weighted by atomic mass is 9.91. The van der Waals surface area contributed by atoms with Crippen LogP contribution < -0.4 is 14.8 Å². The van der Waals surface area contributed by atoms with E-state index in [1.54, 1.807) is 0 Å². The average Bonchev–Trinajstić information content (AvgIpc) is 3.05. The van der Waals surface area contributed by atoms with E-state index in [4.69, 9.17) is 14.6 Å². The minimum absolute atomic E-state index is 0.406. The molecule has 7 nitrogen and oxygen atoms in total. The number of aliphatic hydroxyl groups is 1. The first kappa shape index (κ1) is 30.3. The van der Waals surface area contributed by atoms with Crippen molar-refractivity contribution in [1.82, 2.24) is 9.97 Å². The quantitative estimate of drug-likeness (QED) is 0.227. The molecule has 0 radical (unpaired) electrons. The molecule has 1 saturated carbocycles. The number of rotatable bonds is 9. The Morgan fingerprint density at radius 3 is 1.98 bits per heavy atom. The summed E-state index contributed by atoms with van der Waals surface area (Å²) in [6, 6.07) is 27.8. The molecule has 1 aliphatic rings. The number of ether oxygens (including phenoxy) is 2. The number of nitrogens with zero attached hydrogens (tertiary/aromatic N) is 2. The Kier molecular flexibility index (Phi) is 13.2. The summed E-state index contributed by atoms with van der Waals surface area (Å²) >= 11 is 0. The fourth-order valence-electron chi connectivity index (χ4n) is 4.26. The van der Waals surface area contributed by atoms with Crippen molar-refractivity contribution in [3.63, 3.8) is 0 Å². The van der Waals surface area contributed by atoms with Gasteiger partial charge in [0.1, 0.15) is 25.3 Å². The second-order valence-electron chi connectivity index (χ2n) is 9.27. The number of aldehydes is 1. The maximum atomic E-state index is 10.2. The molecule has 210 valence electrons. The molecule has 1 aliphatic carbocycles. The molecule has 4 aromatic rings. The molecule has 2 aromatic heterocycles. The lowest BCUT2D eigenvalue weighted by Crippen LogP contribution is -2.06. The molecule has 1 fully saturated rings. The van der Waals surface area contributed by atoms with Gasteiger partial charge in [0.2, 0.25) is 11.8 Å². The number of pyridine rings is 2. The Labute approximate surface area is 237 Å². The van der Waals surface area contributed by atoms with Gasteiger partial charge in [-0.25, -0.2) is 4.98 Å². The fourth-order valence-corrected chi connectivity index (χ4v) is 4.26. The second-order valence-corrected chi connectivity index (χ2v) is 9.27. The van der Waals surface area contributed by atoms with E-state index in [1.165, 1.54) is 19.3 Å². The molecular weight excluding hydrogens is 502 g/mol. The molecule has 0 saturated heterocycles. The van der Waals surface area contributed by atoms with E-state index in [2.05, 4.69) is 15.3 Å². The van der Waals surface area contributed by atoms with Gasteiger partial charge in [-0.2, -0.15) is 4.98 Å². The molecule has 0 bridgehead atoms. The van der Waals surface area contributed by atoms with Crippen LogP contribution in [0.4, 0.5) is 5.82 Å². The van der Waals surface area contributed by atoms with E-state index in [0.29, 0.717) is 30.9 Å². The van der Waals surface area contributed by atoms with Crippen LogP contribution in [0.5, 0.6) is 11.8 Å². The number of carbonyl (C=O) groups is 1. The van der Waals surface area contributed by atoms with Crippen LogP contribution in [-0.2, 0) is 18.0 Å². The minimum atomic E-state index is 0.406. The predicted octanol–water partition coefficient (Wildman–Crippen LogP) is 6.72. The van der Waals surface area contributed by atoms with Crippen molar-refractivity contribution < 1.29 is 19.4 Å². The third-order valence-electron chi connectivity index (χ3n) is 6.46. The van der Waals surface area contributed by atoms with Crippen molar-refractivity contribution in [1.29, 1.82) is 0 Å². The van der Waals surface area contributed by atoms with Gasteiger partial charge in [-0.3, -0.25) is 0 Å². The molecule has 0 spiro atoms. The smallest absolute Gasteiger partial charge is 0.225 e. The van der Waals surface area contributed by atoms with Gasteiger partial charge in [0.05, 0.1) is 0 Å². The number of hydrogen-bond donors (Lipinski definition) is 2. The predicted molar refractivity (Wildman–Crippen MR) is 159 cm³/mol. The van der Waals surface area contributed by atoms with Crippen molar-refractivity contribution >= 4 is 12.1 Å². The van der Waals surface area contributed by atoms with Gasteiger partial charge in [0, 0.05) is 43.5 Å². The van der Waals surface area contributed by atoms with E-state index in [9.17, 15) is 4.79 Å². The summed E-state index contributed by atoms with van der Waals surface area (Å²) in [6.45, 7) is 0.870. The standard InChI is InChI=1S/C25H23N3O2.C7H12O.CH4O/c1-26-23-14-12-21(16-27-23)22-13-15-24(29-17-19-8-4-2-5-9-19)28-25(22)30-18-20-10-6-3-7-11-20;8-6-7-4-2-1-3-5-7;1-2/h2-16H,17-18H2,1H3,(H,26,27);6-7H,1-5H2;2H,1H3. The molecule has 7 heteroatoms. The zero-order valence-electron chi connectivity index (χ0n) is 23.3. The van der Waals surface area contributed by atoms with E-state index in [1.807, 2.05) is 98.2 Å². The van der Waals surface area contributed by atoms with Crippen LogP contribution in [0.3, 0.4) is 0 Å². The Bertz CT molecular complexity index is 1250. The zero-order chi connectivity index (χ0) is 28.4. The molecule has 2 heterocycles. The number of aromatic nitrogens is 2. The van der Waals surface area contributed by atoms with Gasteiger partial charge >= 0.3 is 0 Å². The van der Waals surface area contributed by atoms with Gasteiger partial charge < -0.3 is 24.7 Å². The molecular formula is C33H39N3O4. The second kappa shape index (κ2) is 17.4. The van der Waals surface area contributed by atoms with Crippen LogP contribution in [0, 0.1) is 5.92 Å². The van der Waals surface area contributed by atoms with Crippen LogP contribution >= 0.6 is 0 Å². The van der Waals surface area contributed by atoms with Gasteiger partial charge in [-0.15, -0.1) is 0 Å². The van der Waals surface area contributed by atoms with Crippen LogP contribution in [0.15, 0.2) is 91.1 Å². The summed E-state index contributed by atoms with van der Waals surface area (Å²) in [5.41, 5.74) is 3.96. The molecule has 5 rings (SSSR count). The summed E-state index contributed by atoms with van der Waals surface area (Å²) in [7, 11) is 2.84. The third kappa shape index (κ3) is 9.82. The monoisotopic (exact) mass is 541 g/mol. The Balaban J connectivity index is 0.000000376. The van der Waals surface area contributed by atoms with E-state index >= 15 is 0 Å². The highest BCUT2D eigenvalue weighted by molar-refractivity contribution is 5.69. The number of anilines is 1. The maximum absolute atomic E-state index is 10.2. The molecule has 2 aromatic carbocycles. The summed E-state index contributed by atoms with van der Waals surface area (Å²) < 4.78 is 12.0. The maximum Gasteiger partial charge on any atom is 0.225 e. The Hall–Kier alpha value is -4.23. The number of hydrogen-bond acceptors (Lipinski definition) is 7. The number of aliphatic hydroxyl groups excluding tert-OH is 1. The SMILES string of the molecule is CNc1ccc(-c2ccc(OCc3ccccc3)nc2OCc2ccccc2)cn1.CO.O=CC1CCCCC1. The normalized spacial score (nSPS) is 12.6. The molecule has 40 heavy (non-hydrogen) atoms. The van der Waals surface area contributed by atoms with Crippen LogP contribution in [-0.4, -0.2) is 35.5 Å². The highest BCUT2D eigenvalue weighted by Crippen LogP contribution is 2.31. The number of benzene rings is 2. The topological polar surface area (TPSA) is 93.6 Å². The van der Waals surface area contributed by atoms with Crippen molar-refractivity contribution in [2.75, 3.05) is 19.5 Å².